The number of carboxylic acids is 1. The minimum absolute atomic E-state index is 0.0124. The van der Waals surface area contributed by atoms with E-state index in [1.807, 2.05) is 18.7 Å². The second-order valence-corrected chi connectivity index (χ2v) is 3.53. The van der Waals surface area contributed by atoms with Gasteiger partial charge in [0.25, 0.3) is 0 Å². The maximum atomic E-state index is 11.0. The largest absolute Gasteiger partial charge is 0.479 e. The molecule has 0 saturated carbocycles. The zero-order valence-corrected chi connectivity index (χ0v) is 8.89. The molecule has 0 aliphatic heterocycles. The van der Waals surface area contributed by atoms with Gasteiger partial charge in [-0.15, -0.1) is 0 Å². The van der Waals surface area contributed by atoms with Crippen LogP contribution >= 0.6 is 11.8 Å². The summed E-state index contributed by atoms with van der Waals surface area (Å²) in [6, 6.07) is -0.522. The van der Waals surface area contributed by atoms with Gasteiger partial charge >= 0.3 is 12.0 Å². The molecule has 0 aromatic rings. The number of carboxylic acid groups (broad SMARTS) is 1. The summed E-state index contributed by atoms with van der Waals surface area (Å²) in [4.78, 5) is 25.3. The van der Waals surface area contributed by atoms with Gasteiger partial charge in [-0.05, 0) is 13.2 Å². The molecule has 0 aromatic heterocycles. The van der Waals surface area contributed by atoms with Crippen molar-refractivity contribution >= 4 is 23.8 Å². The molecule has 14 heavy (non-hydrogen) atoms. The summed E-state index contributed by atoms with van der Waals surface area (Å²) in [6.07, 6.45) is 1.93. The Morgan fingerprint density at radius 1 is 1.57 bits per heavy atom. The van der Waals surface area contributed by atoms with Gasteiger partial charge in [0.05, 0.1) is 0 Å². The van der Waals surface area contributed by atoms with Gasteiger partial charge in [-0.2, -0.15) is 11.8 Å². The van der Waals surface area contributed by atoms with Gasteiger partial charge in [0.2, 0.25) is 0 Å². The van der Waals surface area contributed by atoms with Crippen molar-refractivity contribution in [2.45, 2.75) is 13.0 Å². The average Bonchev–Trinajstić information content (AvgIpc) is 2.03. The van der Waals surface area contributed by atoms with Crippen molar-refractivity contribution < 1.29 is 19.5 Å². The first kappa shape index (κ1) is 13.1. The van der Waals surface area contributed by atoms with Crippen LogP contribution in [0.1, 0.15) is 6.92 Å². The number of hydroxylamine groups is 1. The molecule has 3 N–H and O–H groups in total. The molecule has 0 heterocycles. The summed E-state index contributed by atoms with van der Waals surface area (Å²) in [7, 11) is 0. The molecule has 0 bridgehead atoms. The van der Waals surface area contributed by atoms with Crippen molar-refractivity contribution in [3.63, 3.8) is 0 Å². The predicted octanol–water partition coefficient (Wildman–Crippen LogP) is 0.0533. The van der Waals surface area contributed by atoms with Crippen LogP contribution in [0, 0.1) is 0 Å². The standard InChI is InChI=1S/C7H14N2O4S/c1-5(4-14-2)8-7(12)9-13-3-6(10)11/h5H,3-4H2,1-2H3,(H,10,11)(H2,8,9,12). The van der Waals surface area contributed by atoms with E-state index in [4.69, 9.17) is 5.11 Å². The zero-order valence-electron chi connectivity index (χ0n) is 8.07. The van der Waals surface area contributed by atoms with Gasteiger partial charge in [0.15, 0.2) is 6.61 Å². The van der Waals surface area contributed by atoms with E-state index in [1.165, 1.54) is 0 Å². The SMILES string of the molecule is CSCC(C)NC(=O)NOCC(=O)O. The molecule has 0 spiro atoms. The van der Waals surface area contributed by atoms with Crippen molar-refractivity contribution in [3.05, 3.63) is 0 Å². The first-order valence-electron chi connectivity index (χ1n) is 3.95. The molecule has 0 rings (SSSR count). The lowest BCUT2D eigenvalue weighted by molar-refractivity contribution is -0.144. The van der Waals surface area contributed by atoms with E-state index >= 15 is 0 Å². The highest BCUT2D eigenvalue weighted by Crippen LogP contribution is 1.95. The molecule has 1 atom stereocenters. The summed E-state index contributed by atoms with van der Waals surface area (Å²) < 4.78 is 0. The number of hydrogen-bond acceptors (Lipinski definition) is 4. The quantitative estimate of drug-likeness (QED) is 0.553. The Morgan fingerprint density at radius 2 is 2.21 bits per heavy atom. The van der Waals surface area contributed by atoms with Gasteiger partial charge in [-0.1, -0.05) is 0 Å². The van der Waals surface area contributed by atoms with E-state index in [0.29, 0.717) is 0 Å². The molecule has 82 valence electrons. The van der Waals surface area contributed by atoms with Crippen LogP contribution in [0.4, 0.5) is 4.79 Å². The molecular formula is C7H14N2O4S. The minimum Gasteiger partial charge on any atom is -0.479 e. The molecule has 0 saturated heterocycles. The molecule has 0 fully saturated rings. The number of rotatable bonds is 6. The maximum Gasteiger partial charge on any atom is 0.338 e. The number of nitrogens with one attached hydrogen (secondary N) is 2. The fourth-order valence-corrected chi connectivity index (χ4v) is 1.29. The number of thioether (sulfide) groups is 1. The second kappa shape index (κ2) is 7.45. The van der Waals surface area contributed by atoms with Crippen LogP contribution in [0.2, 0.25) is 0 Å². The summed E-state index contributed by atoms with van der Waals surface area (Å²) in [5, 5.41) is 10.8. The first-order chi connectivity index (χ1) is 6.56. The third-order valence-corrected chi connectivity index (χ3v) is 1.99. The lowest BCUT2D eigenvalue weighted by Gasteiger charge is -2.12. The van der Waals surface area contributed by atoms with Gasteiger partial charge < -0.3 is 10.4 Å². The topological polar surface area (TPSA) is 87.7 Å². The Bertz CT molecular complexity index is 200. The zero-order chi connectivity index (χ0) is 11.0. The fraction of sp³-hybridized carbons (Fsp3) is 0.714. The van der Waals surface area contributed by atoms with Gasteiger partial charge in [0, 0.05) is 11.8 Å². The number of carbonyl (C=O) groups is 2. The molecule has 7 heteroatoms. The average molecular weight is 222 g/mol. The molecule has 0 aliphatic rings. The monoisotopic (exact) mass is 222 g/mol. The number of amides is 2. The first-order valence-corrected chi connectivity index (χ1v) is 5.34. The lowest BCUT2D eigenvalue weighted by Crippen LogP contribution is -2.42. The van der Waals surface area contributed by atoms with E-state index < -0.39 is 18.6 Å². The summed E-state index contributed by atoms with van der Waals surface area (Å²) in [6.45, 7) is 1.29. The smallest absolute Gasteiger partial charge is 0.338 e. The van der Waals surface area contributed by atoms with E-state index in [9.17, 15) is 9.59 Å². The summed E-state index contributed by atoms with van der Waals surface area (Å²) >= 11 is 1.60. The normalized spacial score (nSPS) is 11.9. The van der Waals surface area contributed by atoms with Crippen LogP contribution < -0.4 is 10.8 Å². The molecule has 1 unspecified atom stereocenters. The third-order valence-electron chi connectivity index (χ3n) is 1.15. The highest BCUT2D eigenvalue weighted by atomic mass is 32.2. The van der Waals surface area contributed by atoms with Crippen molar-refractivity contribution in [2.24, 2.45) is 0 Å². The van der Waals surface area contributed by atoms with Crippen LogP contribution in [0.15, 0.2) is 0 Å². The van der Waals surface area contributed by atoms with Gasteiger partial charge in [0.1, 0.15) is 0 Å². The number of carbonyl (C=O) groups excluding carboxylic acids is 1. The Labute approximate surface area is 86.3 Å². The second-order valence-electron chi connectivity index (χ2n) is 2.61. The Morgan fingerprint density at radius 3 is 2.71 bits per heavy atom. The van der Waals surface area contributed by atoms with Crippen LogP contribution in [0.3, 0.4) is 0 Å². The maximum absolute atomic E-state index is 11.0. The molecule has 0 aliphatic carbocycles. The predicted molar refractivity (Wildman–Crippen MR) is 53.1 cm³/mol. The Kier molecular flexibility index (Phi) is 6.95. The van der Waals surface area contributed by atoms with E-state index in [2.05, 4.69) is 10.2 Å². The lowest BCUT2D eigenvalue weighted by atomic mass is 10.4. The highest BCUT2D eigenvalue weighted by molar-refractivity contribution is 7.98. The van der Waals surface area contributed by atoms with Crippen molar-refractivity contribution in [1.82, 2.24) is 10.8 Å². The van der Waals surface area contributed by atoms with E-state index in [0.717, 1.165) is 5.75 Å². The molecule has 2 amide bonds. The van der Waals surface area contributed by atoms with Crippen molar-refractivity contribution in [2.75, 3.05) is 18.6 Å². The number of aliphatic carboxylic acids is 1. The van der Waals surface area contributed by atoms with Crippen LogP contribution in [-0.4, -0.2) is 41.8 Å². The van der Waals surface area contributed by atoms with Crippen LogP contribution in [-0.2, 0) is 9.63 Å². The van der Waals surface area contributed by atoms with Crippen molar-refractivity contribution in [3.8, 4) is 0 Å². The van der Waals surface area contributed by atoms with Crippen molar-refractivity contribution in [1.29, 1.82) is 0 Å². The number of urea groups is 1. The summed E-state index contributed by atoms with van der Waals surface area (Å²) in [5.74, 6) is -0.353. The Hall–Kier alpha value is -0.950. The van der Waals surface area contributed by atoms with Crippen LogP contribution in [0.5, 0.6) is 0 Å². The highest BCUT2D eigenvalue weighted by Gasteiger charge is 2.06. The number of hydrogen-bond donors (Lipinski definition) is 3. The van der Waals surface area contributed by atoms with Gasteiger partial charge in [-0.25, -0.2) is 15.1 Å². The molecule has 0 radical (unpaired) electrons. The van der Waals surface area contributed by atoms with E-state index in [1.54, 1.807) is 11.8 Å². The fourth-order valence-electron chi connectivity index (χ4n) is 0.708. The molecule has 0 aromatic carbocycles. The third kappa shape index (κ3) is 7.69. The Balaban J connectivity index is 3.50. The summed E-state index contributed by atoms with van der Waals surface area (Å²) in [5.41, 5.74) is 1.96. The van der Waals surface area contributed by atoms with E-state index in [-0.39, 0.29) is 6.04 Å². The molecular weight excluding hydrogens is 208 g/mol. The van der Waals surface area contributed by atoms with Gasteiger partial charge in [-0.3, -0.25) is 4.84 Å². The molecule has 6 nitrogen and oxygen atoms in total. The van der Waals surface area contributed by atoms with Crippen LogP contribution in [0.25, 0.3) is 0 Å². The minimum atomic E-state index is -1.14.